The summed E-state index contributed by atoms with van der Waals surface area (Å²) in [6.45, 7) is 5.07. The first-order chi connectivity index (χ1) is 18.1. The lowest BCUT2D eigenvalue weighted by atomic mass is 9.96. The molecule has 9 heteroatoms. The average molecular weight is 528 g/mol. The molecule has 1 aliphatic heterocycles. The number of nitrogens with zero attached hydrogens (tertiary/aromatic N) is 1. The Morgan fingerprint density at radius 2 is 1.13 bits per heavy atom. The van der Waals surface area contributed by atoms with E-state index >= 15 is 0 Å². The summed E-state index contributed by atoms with van der Waals surface area (Å²) in [5.41, 5.74) is -2.41. The molecule has 0 N–H and O–H groups in total. The van der Waals surface area contributed by atoms with Crippen molar-refractivity contribution in [3.63, 3.8) is 0 Å². The Labute approximate surface area is 223 Å². The van der Waals surface area contributed by atoms with Crippen LogP contribution >= 0.6 is 0 Å². The number of carbonyl (C=O) groups excluding carboxylic acids is 3. The largest absolute Gasteiger partial charge is 0.467 e. The monoisotopic (exact) mass is 527 g/mol. The van der Waals surface area contributed by atoms with E-state index < -0.39 is 34.7 Å². The van der Waals surface area contributed by atoms with Gasteiger partial charge < -0.3 is 23.7 Å². The van der Waals surface area contributed by atoms with E-state index in [0.717, 1.165) is 16.0 Å². The summed E-state index contributed by atoms with van der Waals surface area (Å²) in [6.07, 6.45) is -0.702. The van der Waals surface area contributed by atoms with Crippen LogP contribution in [-0.4, -0.2) is 67.0 Å². The van der Waals surface area contributed by atoms with Gasteiger partial charge in [0, 0.05) is 0 Å². The molecule has 1 fully saturated rings. The highest BCUT2D eigenvalue weighted by Gasteiger charge is 2.66. The zero-order valence-corrected chi connectivity index (χ0v) is 22.7. The van der Waals surface area contributed by atoms with Gasteiger partial charge in [-0.05, 0) is 44.7 Å². The Bertz CT molecular complexity index is 1010. The first-order valence-electron chi connectivity index (χ1n) is 12.5. The van der Waals surface area contributed by atoms with Gasteiger partial charge in [-0.15, -0.1) is 0 Å². The highest BCUT2D eigenvalue weighted by molar-refractivity contribution is 5.94. The third kappa shape index (κ3) is 6.52. The van der Waals surface area contributed by atoms with E-state index in [-0.39, 0.29) is 39.3 Å². The van der Waals surface area contributed by atoms with E-state index in [1.807, 2.05) is 60.7 Å². The SMILES string of the molecule is COC(=O)C1(COCc2ccccc2)CCC(COCc2ccccc2)(C(=O)OC)N1C(=O)OC(C)(C)C. The zero-order chi connectivity index (χ0) is 27.8. The number of methoxy groups -OCH3 is 2. The van der Waals surface area contributed by atoms with E-state index in [9.17, 15) is 14.4 Å². The van der Waals surface area contributed by atoms with Gasteiger partial charge in [-0.3, -0.25) is 4.90 Å². The maximum Gasteiger partial charge on any atom is 0.412 e. The van der Waals surface area contributed by atoms with Crippen LogP contribution in [0.5, 0.6) is 0 Å². The zero-order valence-electron chi connectivity index (χ0n) is 22.7. The normalized spacial score (nSPS) is 21.1. The molecule has 1 amide bonds. The highest BCUT2D eigenvalue weighted by atomic mass is 16.6. The Balaban J connectivity index is 1.99. The number of esters is 2. The van der Waals surface area contributed by atoms with Crippen molar-refractivity contribution in [1.82, 2.24) is 4.90 Å². The van der Waals surface area contributed by atoms with Crippen LogP contribution in [0.3, 0.4) is 0 Å². The maximum atomic E-state index is 13.8. The van der Waals surface area contributed by atoms with Crippen molar-refractivity contribution < 1.29 is 38.1 Å². The summed E-state index contributed by atoms with van der Waals surface area (Å²) < 4.78 is 28.0. The van der Waals surface area contributed by atoms with Gasteiger partial charge in [0.05, 0.1) is 40.6 Å². The van der Waals surface area contributed by atoms with Gasteiger partial charge in [0.25, 0.3) is 0 Å². The average Bonchev–Trinajstić information content (AvgIpc) is 3.24. The Morgan fingerprint density at radius 3 is 1.47 bits per heavy atom. The van der Waals surface area contributed by atoms with E-state index in [4.69, 9.17) is 23.7 Å². The van der Waals surface area contributed by atoms with Crippen molar-refractivity contribution in [3.8, 4) is 0 Å². The second-order valence-corrected chi connectivity index (χ2v) is 10.3. The summed E-state index contributed by atoms with van der Waals surface area (Å²) in [6, 6.07) is 18.9. The van der Waals surface area contributed by atoms with Crippen molar-refractivity contribution in [3.05, 3.63) is 71.8 Å². The van der Waals surface area contributed by atoms with Crippen LogP contribution in [0.15, 0.2) is 60.7 Å². The van der Waals surface area contributed by atoms with Crippen LogP contribution < -0.4 is 0 Å². The summed E-state index contributed by atoms with van der Waals surface area (Å²) in [4.78, 5) is 41.7. The Morgan fingerprint density at radius 1 is 0.737 bits per heavy atom. The van der Waals surface area contributed by atoms with Crippen LogP contribution in [0.4, 0.5) is 4.79 Å². The molecule has 1 heterocycles. The molecular formula is C29H37NO8. The van der Waals surface area contributed by atoms with Gasteiger partial charge in [0.15, 0.2) is 11.1 Å². The number of amides is 1. The lowest BCUT2D eigenvalue weighted by Gasteiger charge is -2.43. The highest BCUT2D eigenvalue weighted by Crippen LogP contribution is 2.45. The molecule has 1 aliphatic rings. The molecule has 0 saturated carbocycles. The van der Waals surface area contributed by atoms with E-state index in [2.05, 4.69) is 0 Å². The molecule has 3 rings (SSSR count). The van der Waals surface area contributed by atoms with Gasteiger partial charge in [-0.25, -0.2) is 14.4 Å². The topological polar surface area (TPSA) is 101 Å². The fraction of sp³-hybridized carbons (Fsp3) is 0.483. The van der Waals surface area contributed by atoms with Crippen LogP contribution in [-0.2, 0) is 46.5 Å². The number of ether oxygens (including phenoxy) is 5. The molecule has 2 aromatic rings. The minimum absolute atomic E-state index is 0.0809. The van der Waals surface area contributed by atoms with Gasteiger partial charge in [0.2, 0.25) is 0 Å². The number of hydrogen-bond acceptors (Lipinski definition) is 8. The molecule has 1 saturated heterocycles. The fourth-order valence-electron chi connectivity index (χ4n) is 4.69. The lowest BCUT2D eigenvalue weighted by molar-refractivity contribution is -0.171. The van der Waals surface area contributed by atoms with E-state index in [1.54, 1.807) is 20.8 Å². The van der Waals surface area contributed by atoms with Gasteiger partial charge >= 0.3 is 18.0 Å². The molecule has 38 heavy (non-hydrogen) atoms. The van der Waals surface area contributed by atoms with E-state index in [1.165, 1.54) is 14.2 Å². The van der Waals surface area contributed by atoms with Crippen molar-refractivity contribution in [2.75, 3.05) is 27.4 Å². The predicted octanol–water partition coefficient (Wildman–Crippen LogP) is 4.27. The predicted molar refractivity (Wildman–Crippen MR) is 139 cm³/mol. The van der Waals surface area contributed by atoms with Gasteiger partial charge in [0.1, 0.15) is 5.60 Å². The first-order valence-corrected chi connectivity index (χ1v) is 12.5. The first kappa shape index (κ1) is 29.1. The number of hydrogen-bond donors (Lipinski definition) is 0. The standard InChI is InChI=1S/C29H37NO8/c1-27(2,3)38-26(33)30-28(24(31)34-4,20-36-18-22-12-8-6-9-13-22)16-17-29(30,25(32)35-5)21-37-19-23-14-10-7-11-15-23/h6-15H,16-21H2,1-5H3. The fourth-order valence-corrected chi connectivity index (χ4v) is 4.69. The smallest absolute Gasteiger partial charge is 0.412 e. The molecule has 206 valence electrons. The summed E-state index contributed by atoms with van der Waals surface area (Å²) in [5.74, 6) is -1.43. The van der Waals surface area contributed by atoms with Crippen LogP contribution in [0, 0.1) is 0 Å². The lowest BCUT2D eigenvalue weighted by Crippen LogP contribution is -2.67. The minimum atomic E-state index is -1.64. The quantitative estimate of drug-likeness (QED) is 0.334. The van der Waals surface area contributed by atoms with Crippen LogP contribution in [0.1, 0.15) is 44.7 Å². The van der Waals surface area contributed by atoms with Gasteiger partial charge in [-0.1, -0.05) is 60.7 Å². The second-order valence-electron chi connectivity index (χ2n) is 10.3. The van der Waals surface area contributed by atoms with Gasteiger partial charge in [-0.2, -0.15) is 0 Å². The number of likely N-dealkylation sites (tertiary alicyclic amines) is 1. The molecule has 0 radical (unpaired) electrons. The molecule has 0 aromatic heterocycles. The van der Waals surface area contributed by atoms with Crippen molar-refractivity contribution in [1.29, 1.82) is 0 Å². The van der Waals surface area contributed by atoms with Crippen molar-refractivity contribution in [2.45, 2.75) is 63.5 Å². The summed E-state index contributed by atoms with van der Waals surface area (Å²) in [7, 11) is 2.47. The van der Waals surface area contributed by atoms with E-state index in [0.29, 0.717) is 0 Å². The Hall–Kier alpha value is -3.43. The van der Waals surface area contributed by atoms with Crippen LogP contribution in [0.25, 0.3) is 0 Å². The molecule has 2 unspecified atom stereocenters. The maximum absolute atomic E-state index is 13.8. The molecule has 2 aromatic carbocycles. The molecule has 2 atom stereocenters. The summed E-state index contributed by atoms with van der Waals surface area (Å²) in [5, 5.41) is 0. The van der Waals surface area contributed by atoms with Crippen LogP contribution in [0.2, 0.25) is 0 Å². The number of carbonyl (C=O) groups is 3. The molecule has 9 nitrogen and oxygen atoms in total. The number of rotatable bonds is 10. The molecule has 0 spiro atoms. The summed E-state index contributed by atoms with van der Waals surface area (Å²) >= 11 is 0. The third-order valence-electron chi connectivity index (χ3n) is 6.42. The minimum Gasteiger partial charge on any atom is -0.467 e. The molecule has 0 aliphatic carbocycles. The van der Waals surface area contributed by atoms with Crippen molar-refractivity contribution >= 4 is 18.0 Å². The Kier molecular flexibility index (Phi) is 9.51. The molecule has 0 bridgehead atoms. The second kappa shape index (κ2) is 12.4. The third-order valence-corrected chi connectivity index (χ3v) is 6.42. The van der Waals surface area contributed by atoms with Crippen molar-refractivity contribution in [2.24, 2.45) is 0 Å². The molecular weight excluding hydrogens is 490 g/mol. The number of benzene rings is 2.